The van der Waals surface area contributed by atoms with Gasteiger partial charge in [-0.2, -0.15) is 0 Å². The first kappa shape index (κ1) is 13.3. The molecule has 2 rings (SSSR count). The van der Waals surface area contributed by atoms with Gasteiger partial charge < -0.3 is 10.1 Å². The molecular formula is C14H28N2O. The first-order valence-electron chi connectivity index (χ1n) is 7.43. The van der Waals surface area contributed by atoms with Crippen molar-refractivity contribution in [3.63, 3.8) is 0 Å². The standard InChI is InChI=1S/C14H28N2O/c1-3-9-15-10-13-7-8-14(17-13)11-16(4-2)12-5-6-12/h12-15H,3-11H2,1-2H3. The molecule has 1 saturated carbocycles. The van der Waals surface area contributed by atoms with Crippen molar-refractivity contribution in [2.75, 3.05) is 26.2 Å². The van der Waals surface area contributed by atoms with Crippen LogP contribution >= 0.6 is 0 Å². The SMILES string of the molecule is CCCNCC1CCC(CN(CC)C2CC2)O1. The molecule has 2 aliphatic rings. The lowest BCUT2D eigenvalue weighted by Crippen LogP contribution is -2.35. The predicted molar refractivity (Wildman–Crippen MR) is 71.3 cm³/mol. The summed E-state index contributed by atoms with van der Waals surface area (Å²) in [5, 5.41) is 3.46. The molecule has 0 radical (unpaired) electrons. The molecule has 0 amide bonds. The van der Waals surface area contributed by atoms with Crippen LogP contribution in [0.25, 0.3) is 0 Å². The van der Waals surface area contributed by atoms with Gasteiger partial charge in [-0.15, -0.1) is 0 Å². The third kappa shape index (κ3) is 4.23. The Morgan fingerprint density at radius 3 is 2.53 bits per heavy atom. The zero-order chi connectivity index (χ0) is 12.1. The number of rotatable bonds is 8. The van der Waals surface area contributed by atoms with Crippen molar-refractivity contribution < 1.29 is 4.74 Å². The second-order valence-corrected chi connectivity index (χ2v) is 5.48. The molecule has 100 valence electrons. The zero-order valence-corrected chi connectivity index (χ0v) is 11.5. The summed E-state index contributed by atoms with van der Waals surface area (Å²) in [6.07, 6.45) is 7.46. The van der Waals surface area contributed by atoms with Crippen LogP contribution in [-0.2, 0) is 4.74 Å². The van der Waals surface area contributed by atoms with Crippen LogP contribution in [0.1, 0.15) is 46.0 Å². The van der Waals surface area contributed by atoms with Gasteiger partial charge in [-0.05, 0) is 45.2 Å². The summed E-state index contributed by atoms with van der Waals surface area (Å²) >= 11 is 0. The van der Waals surface area contributed by atoms with Gasteiger partial charge >= 0.3 is 0 Å². The average Bonchev–Trinajstić information content (AvgIpc) is 3.08. The molecule has 1 heterocycles. The number of hydrogen-bond acceptors (Lipinski definition) is 3. The normalized spacial score (nSPS) is 29.1. The molecule has 2 fully saturated rings. The number of hydrogen-bond donors (Lipinski definition) is 1. The average molecular weight is 240 g/mol. The molecule has 3 nitrogen and oxygen atoms in total. The van der Waals surface area contributed by atoms with Crippen molar-refractivity contribution >= 4 is 0 Å². The minimum absolute atomic E-state index is 0.462. The fourth-order valence-corrected chi connectivity index (χ4v) is 2.74. The van der Waals surface area contributed by atoms with Crippen LogP contribution in [0.3, 0.4) is 0 Å². The molecule has 17 heavy (non-hydrogen) atoms. The molecule has 1 saturated heterocycles. The molecule has 0 bridgehead atoms. The number of likely N-dealkylation sites (N-methyl/N-ethyl adjacent to an activating group) is 1. The Morgan fingerprint density at radius 1 is 1.12 bits per heavy atom. The highest BCUT2D eigenvalue weighted by Gasteiger charge is 2.32. The lowest BCUT2D eigenvalue weighted by Gasteiger charge is -2.24. The molecular weight excluding hydrogens is 212 g/mol. The topological polar surface area (TPSA) is 24.5 Å². The van der Waals surface area contributed by atoms with Crippen LogP contribution in [0.5, 0.6) is 0 Å². The summed E-state index contributed by atoms with van der Waals surface area (Å²) in [6.45, 7) is 8.98. The molecule has 0 aromatic heterocycles. The predicted octanol–water partition coefficient (Wildman–Crippen LogP) is 2.02. The molecule has 0 aromatic rings. The third-order valence-electron chi connectivity index (χ3n) is 3.90. The van der Waals surface area contributed by atoms with Crippen molar-refractivity contribution in [2.45, 2.75) is 64.2 Å². The van der Waals surface area contributed by atoms with Gasteiger partial charge in [0.05, 0.1) is 12.2 Å². The Labute approximate surface area is 106 Å². The highest BCUT2D eigenvalue weighted by Crippen LogP contribution is 2.29. The number of ether oxygens (including phenoxy) is 1. The third-order valence-corrected chi connectivity index (χ3v) is 3.90. The van der Waals surface area contributed by atoms with E-state index in [0.717, 1.165) is 25.7 Å². The monoisotopic (exact) mass is 240 g/mol. The maximum Gasteiger partial charge on any atom is 0.0707 e. The van der Waals surface area contributed by atoms with E-state index in [1.807, 2.05) is 0 Å². The van der Waals surface area contributed by atoms with Gasteiger partial charge in [0.2, 0.25) is 0 Å². The second-order valence-electron chi connectivity index (χ2n) is 5.48. The van der Waals surface area contributed by atoms with Crippen LogP contribution in [0, 0.1) is 0 Å². The quantitative estimate of drug-likeness (QED) is 0.657. The summed E-state index contributed by atoms with van der Waals surface area (Å²) in [4.78, 5) is 2.60. The van der Waals surface area contributed by atoms with E-state index < -0.39 is 0 Å². The first-order chi connectivity index (χ1) is 8.33. The Hall–Kier alpha value is -0.120. The second kappa shape index (κ2) is 6.72. The fourth-order valence-electron chi connectivity index (χ4n) is 2.74. The lowest BCUT2D eigenvalue weighted by molar-refractivity contribution is 0.0228. The molecule has 3 heteroatoms. The Kier molecular flexibility index (Phi) is 5.26. The maximum atomic E-state index is 6.11. The van der Waals surface area contributed by atoms with E-state index in [-0.39, 0.29) is 0 Å². The fraction of sp³-hybridized carbons (Fsp3) is 1.00. The summed E-state index contributed by atoms with van der Waals surface area (Å²) in [7, 11) is 0. The lowest BCUT2D eigenvalue weighted by atomic mass is 10.2. The molecule has 0 aromatic carbocycles. The maximum absolute atomic E-state index is 6.11. The molecule has 1 N–H and O–H groups in total. The molecule has 1 aliphatic carbocycles. The van der Waals surface area contributed by atoms with Crippen molar-refractivity contribution in [1.29, 1.82) is 0 Å². The van der Waals surface area contributed by atoms with Gasteiger partial charge in [-0.3, -0.25) is 4.90 Å². The van der Waals surface area contributed by atoms with Crippen LogP contribution in [0.4, 0.5) is 0 Å². The van der Waals surface area contributed by atoms with E-state index in [2.05, 4.69) is 24.1 Å². The smallest absolute Gasteiger partial charge is 0.0707 e. The van der Waals surface area contributed by atoms with Crippen molar-refractivity contribution in [2.24, 2.45) is 0 Å². The van der Waals surface area contributed by atoms with E-state index in [9.17, 15) is 0 Å². The van der Waals surface area contributed by atoms with E-state index in [0.29, 0.717) is 12.2 Å². The van der Waals surface area contributed by atoms with Gasteiger partial charge in [0, 0.05) is 19.1 Å². The van der Waals surface area contributed by atoms with Crippen molar-refractivity contribution in [3.05, 3.63) is 0 Å². The van der Waals surface area contributed by atoms with Gasteiger partial charge in [-0.25, -0.2) is 0 Å². The summed E-state index contributed by atoms with van der Waals surface area (Å²) in [5.41, 5.74) is 0. The Balaban J connectivity index is 1.63. The van der Waals surface area contributed by atoms with Gasteiger partial charge in [-0.1, -0.05) is 13.8 Å². The minimum Gasteiger partial charge on any atom is -0.372 e. The van der Waals surface area contributed by atoms with E-state index >= 15 is 0 Å². The van der Waals surface area contributed by atoms with E-state index in [4.69, 9.17) is 4.74 Å². The minimum atomic E-state index is 0.462. The molecule has 0 spiro atoms. The molecule has 2 atom stereocenters. The number of nitrogens with one attached hydrogen (secondary N) is 1. The molecule has 2 unspecified atom stereocenters. The van der Waals surface area contributed by atoms with Gasteiger partial charge in [0.25, 0.3) is 0 Å². The van der Waals surface area contributed by atoms with Gasteiger partial charge in [0.1, 0.15) is 0 Å². The first-order valence-corrected chi connectivity index (χ1v) is 7.43. The van der Waals surface area contributed by atoms with E-state index in [1.165, 1.54) is 38.6 Å². The zero-order valence-electron chi connectivity index (χ0n) is 11.5. The largest absolute Gasteiger partial charge is 0.372 e. The van der Waals surface area contributed by atoms with Crippen molar-refractivity contribution in [1.82, 2.24) is 10.2 Å². The van der Waals surface area contributed by atoms with Crippen LogP contribution in [-0.4, -0.2) is 49.3 Å². The Bertz CT molecular complexity index is 218. The Morgan fingerprint density at radius 2 is 1.88 bits per heavy atom. The van der Waals surface area contributed by atoms with Crippen molar-refractivity contribution in [3.8, 4) is 0 Å². The van der Waals surface area contributed by atoms with E-state index in [1.54, 1.807) is 0 Å². The summed E-state index contributed by atoms with van der Waals surface area (Å²) in [5.74, 6) is 0. The van der Waals surface area contributed by atoms with Crippen LogP contribution in [0.15, 0.2) is 0 Å². The molecule has 1 aliphatic heterocycles. The van der Waals surface area contributed by atoms with Gasteiger partial charge in [0.15, 0.2) is 0 Å². The van der Waals surface area contributed by atoms with Crippen LogP contribution in [0.2, 0.25) is 0 Å². The summed E-state index contributed by atoms with van der Waals surface area (Å²) in [6, 6.07) is 0.876. The van der Waals surface area contributed by atoms with Crippen LogP contribution < -0.4 is 5.32 Å². The highest BCUT2D eigenvalue weighted by atomic mass is 16.5. The highest BCUT2D eigenvalue weighted by molar-refractivity contribution is 4.87. The number of nitrogens with zero attached hydrogens (tertiary/aromatic N) is 1. The summed E-state index contributed by atoms with van der Waals surface area (Å²) < 4.78 is 6.11.